The number of thioether (sulfide) groups is 1. The second-order valence-corrected chi connectivity index (χ2v) is 6.77. The van der Waals surface area contributed by atoms with Crippen LogP contribution in [0.2, 0.25) is 5.02 Å². The Labute approximate surface area is 141 Å². The van der Waals surface area contributed by atoms with E-state index in [1.54, 1.807) is 17.8 Å². The number of carbonyl (C=O) groups is 1. The predicted octanol–water partition coefficient (Wildman–Crippen LogP) is 5.22. The Balaban J connectivity index is 1.76. The molecular weight excluding hydrogens is 314 g/mol. The van der Waals surface area contributed by atoms with Gasteiger partial charge in [-0.15, -0.1) is 0 Å². The molecule has 0 spiro atoms. The summed E-state index contributed by atoms with van der Waals surface area (Å²) < 4.78 is 0. The van der Waals surface area contributed by atoms with E-state index in [0.717, 1.165) is 11.5 Å². The summed E-state index contributed by atoms with van der Waals surface area (Å²) >= 11 is 7.80. The Hall–Kier alpha value is -1.45. The number of hydrogen-bond acceptors (Lipinski definition) is 2. The van der Waals surface area contributed by atoms with Gasteiger partial charge in [0.1, 0.15) is 0 Å². The van der Waals surface area contributed by atoms with Crippen molar-refractivity contribution >= 4 is 35.0 Å². The van der Waals surface area contributed by atoms with Crippen molar-refractivity contribution in [2.45, 2.75) is 26.0 Å². The molecule has 0 unspecified atom stereocenters. The van der Waals surface area contributed by atoms with E-state index in [9.17, 15) is 4.79 Å². The third-order valence-electron chi connectivity index (χ3n) is 3.38. The standard InChI is InChI=1S/C18H20ClNOS/c1-13-7-8-14(2)15(11-13)12-22-10-9-18(21)20-17-6-4-3-5-16(17)19/h3-8,11H,9-10,12H2,1-2H3,(H,20,21). The minimum absolute atomic E-state index is 0.00145. The Kier molecular flexibility index (Phi) is 6.34. The fourth-order valence-electron chi connectivity index (χ4n) is 2.08. The van der Waals surface area contributed by atoms with E-state index in [0.29, 0.717) is 17.1 Å². The zero-order chi connectivity index (χ0) is 15.9. The van der Waals surface area contributed by atoms with Crippen molar-refractivity contribution in [2.75, 3.05) is 11.1 Å². The second kappa shape index (κ2) is 8.25. The molecule has 0 aliphatic rings. The lowest BCUT2D eigenvalue weighted by Crippen LogP contribution is -2.12. The highest BCUT2D eigenvalue weighted by molar-refractivity contribution is 7.98. The van der Waals surface area contributed by atoms with E-state index in [4.69, 9.17) is 11.6 Å². The molecular formula is C18H20ClNOS. The third-order valence-corrected chi connectivity index (χ3v) is 4.72. The molecule has 0 aliphatic carbocycles. The molecule has 2 aromatic rings. The highest BCUT2D eigenvalue weighted by Crippen LogP contribution is 2.21. The van der Waals surface area contributed by atoms with Crippen LogP contribution in [0.3, 0.4) is 0 Å². The van der Waals surface area contributed by atoms with Gasteiger partial charge in [-0.25, -0.2) is 0 Å². The Morgan fingerprint density at radius 1 is 1.18 bits per heavy atom. The van der Waals surface area contributed by atoms with E-state index in [2.05, 4.69) is 37.4 Å². The van der Waals surface area contributed by atoms with E-state index in [1.807, 2.05) is 18.2 Å². The fourth-order valence-corrected chi connectivity index (χ4v) is 3.27. The quantitative estimate of drug-likeness (QED) is 0.734. The number of halogens is 1. The number of rotatable bonds is 6. The van der Waals surface area contributed by atoms with Gasteiger partial charge in [0.15, 0.2) is 0 Å². The highest BCUT2D eigenvalue weighted by atomic mass is 35.5. The maximum absolute atomic E-state index is 11.9. The monoisotopic (exact) mass is 333 g/mol. The molecule has 1 N–H and O–H groups in total. The molecule has 1 amide bonds. The maximum Gasteiger partial charge on any atom is 0.225 e. The summed E-state index contributed by atoms with van der Waals surface area (Å²) in [4.78, 5) is 11.9. The molecule has 0 aromatic heterocycles. The number of anilines is 1. The van der Waals surface area contributed by atoms with E-state index in [-0.39, 0.29) is 5.91 Å². The maximum atomic E-state index is 11.9. The van der Waals surface area contributed by atoms with Crippen molar-refractivity contribution in [1.29, 1.82) is 0 Å². The summed E-state index contributed by atoms with van der Waals surface area (Å²) in [6.07, 6.45) is 0.487. The average Bonchev–Trinajstić information content (AvgIpc) is 2.49. The topological polar surface area (TPSA) is 29.1 Å². The summed E-state index contributed by atoms with van der Waals surface area (Å²) in [5.74, 6) is 1.73. The average molecular weight is 334 g/mol. The van der Waals surface area contributed by atoms with Gasteiger partial charge in [-0.05, 0) is 37.1 Å². The lowest BCUT2D eigenvalue weighted by molar-refractivity contribution is -0.115. The number of aryl methyl sites for hydroxylation is 2. The fraction of sp³-hybridized carbons (Fsp3) is 0.278. The van der Waals surface area contributed by atoms with Gasteiger partial charge in [0.05, 0.1) is 10.7 Å². The number of para-hydroxylation sites is 1. The zero-order valence-electron chi connectivity index (χ0n) is 12.9. The van der Waals surface area contributed by atoms with Crippen molar-refractivity contribution < 1.29 is 4.79 Å². The van der Waals surface area contributed by atoms with Gasteiger partial charge >= 0.3 is 0 Å². The molecule has 0 saturated heterocycles. The SMILES string of the molecule is Cc1ccc(C)c(CSCCC(=O)Nc2ccccc2Cl)c1. The van der Waals surface area contributed by atoms with Crippen molar-refractivity contribution in [3.8, 4) is 0 Å². The molecule has 0 aliphatic heterocycles. The lowest BCUT2D eigenvalue weighted by atomic mass is 10.1. The molecule has 22 heavy (non-hydrogen) atoms. The van der Waals surface area contributed by atoms with Crippen molar-refractivity contribution in [3.05, 3.63) is 64.2 Å². The normalized spacial score (nSPS) is 10.5. The third kappa shape index (κ3) is 5.08. The van der Waals surface area contributed by atoms with Crippen LogP contribution in [0.1, 0.15) is 23.1 Å². The van der Waals surface area contributed by atoms with E-state index in [1.165, 1.54) is 16.7 Å². The van der Waals surface area contributed by atoms with Gasteiger partial charge in [0.2, 0.25) is 5.91 Å². The minimum Gasteiger partial charge on any atom is -0.325 e. The summed E-state index contributed by atoms with van der Waals surface area (Å²) in [6, 6.07) is 13.8. The second-order valence-electron chi connectivity index (χ2n) is 5.26. The first-order chi connectivity index (χ1) is 10.6. The number of benzene rings is 2. The van der Waals surface area contributed by atoms with Crippen molar-refractivity contribution in [1.82, 2.24) is 0 Å². The Bertz CT molecular complexity index is 657. The van der Waals surface area contributed by atoms with Gasteiger partial charge in [0, 0.05) is 17.9 Å². The number of amides is 1. The number of nitrogens with one attached hydrogen (secondary N) is 1. The summed E-state index contributed by atoms with van der Waals surface area (Å²) in [5, 5.41) is 3.41. The first kappa shape index (κ1) is 16.9. The molecule has 2 nitrogen and oxygen atoms in total. The van der Waals surface area contributed by atoms with Crippen LogP contribution in [-0.4, -0.2) is 11.7 Å². The van der Waals surface area contributed by atoms with Gasteiger partial charge in [0.25, 0.3) is 0 Å². The van der Waals surface area contributed by atoms with Gasteiger partial charge in [-0.1, -0.05) is 47.5 Å². The van der Waals surface area contributed by atoms with Gasteiger partial charge in [-0.3, -0.25) is 4.79 Å². The van der Waals surface area contributed by atoms with Crippen LogP contribution >= 0.6 is 23.4 Å². The Morgan fingerprint density at radius 2 is 1.95 bits per heavy atom. The van der Waals surface area contributed by atoms with Crippen LogP contribution in [-0.2, 0) is 10.5 Å². The lowest BCUT2D eigenvalue weighted by Gasteiger charge is -2.08. The first-order valence-electron chi connectivity index (χ1n) is 7.24. The molecule has 0 atom stereocenters. The number of carbonyl (C=O) groups excluding carboxylic acids is 1. The zero-order valence-corrected chi connectivity index (χ0v) is 14.4. The van der Waals surface area contributed by atoms with Crippen molar-refractivity contribution in [2.24, 2.45) is 0 Å². The van der Waals surface area contributed by atoms with Crippen molar-refractivity contribution in [3.63, 3.8) is 0 Å². The molecule has 0 fully saturated rings. The predicted molar refractivity (Wildman–Crippen MR) is 96.8 cm³/mol. The van der Waals surface area contributed by atoms with Crippen LogP contribution in [0, 0.1) is 13.8 Å². The van der Waals surface area contributed by atoms with E-state index < -0.39 is 0 Å². The van der Waals surface area contributed by atoms with E-state index >= 15 is 0 Å². The summed E-state index contributed by atoms with van der Waals surface area (Å²) in [5.41, 5.74) is 4.60. The van der Waals surface area contributed by atoms with Crippen LogP contribution in [0.25, 0.3) is 0 Å². The molecule has 2 rings (SSSR count). The largest absolute Gasteiger partial charge is 0.325 e. The summed E-state index contributed by atoms with van der Waals surface area (Å²) in [6.45, 7) is 4.23. The molecule has 116 valence electrons. The molecule has 0 heterocycles. The molecule has 2 aromatic carbocycles. The van der Waals surface area contributed by atoms with Gasteiger partial charge < -0.3 is 5.32 Å². The smallest absolute Gasteiger partial charge is 0.225 e. The van der Waals surface area contributed by atoms with Crippen LogP contribution in [0.4, 0.5) is 5.69 Å². The first-order valence-corrected chi connectivity index (χ1v) is 8.78. The van der Waals surface area contributed by atoms with Crippen LogP contribution < -0.4 is 5.32 Å². The molecule has 4 heteroatoms. The van der Waals surface area contributed by atoms with Crippen LogP contribution in [0.5, 0.6) is 0 Å². The molecule has 0 bridgehead atoms. The molecule has 0 saturated carbocycles. The number of hydrogen-bond donors (Lipinski definition) is 1. The highest BCUT2D eigenvalue weighted by Gasteiger charge is 2.06. The Morgan fingerprint density at radius 3 is 2.73 bits per heavy atom. The van der Waals surface area contributed by atoms with Crippen LogP contribution in [0.15, 0.2) is 42.5 Å². The minimum atomic E-state index is 0.00145. The van der Waals surface area contributed by atoms with Gasteiger partial charge in [-0.2, -0.15) is 11.8 Å². The molecule has 0 radical (unpaired) electrons. The summed E-state index contributed by atoms with van der Waals surface area (Å²) in [7, 11) is 0.